The lowest BCUT2D eigenvalue weighted by Crippen LogP contribution is -2.32. The molecule has 3 N–H and O–H groups in total. The molecule has 0 bridgehead atoms. The monoisotopic (exact) mass is 249 g/mol. The van der Waals surface area contributed by atoms with Crippen LogP contribution in [-0.2, 0) is 4.79 Å². The molecule has 0 spiro atoms. The van der Waals surface area contributed by atoms with Crippen LogP contribution in [0.25, 0.3) is 0 Å². The number of H-pyrrole nitrogens is 1. The molecule has 2 saturated carbocycles. The van der Waals surface area contributed by atoms with E-state index in [-0.39, 0.29) is 11.5 Å². The summed E-state index contributed by atoms with van der Waals surface area (Å²) in [7, 11) is 0. The minimum atomic E-state index is -0.882. The van der Waals surface area contributed by atoms with E-state index in [4.69, 9.17) is 5.11 Å². The standard InChI is InChI=1S/C12H15N3O3/c16-9-5-8(14-11(15-9)7-3-4-7)13-10(12(17)18)6-1-2-6/h5-7,10H,1-4H2,(H,17,18)(H2,13,14,15,16). The third-order valence-corrected chi connectivity index (χ3v) is 3.39. The second-order valence-electron chi connectivity index (χ2n) is 5.09. The van der Waals surface area contributed by atoms with Crippen molar-refractivity contribution in [3.8, 4) is 0 Å². The van der Waals surface area contributed by atoms with Gasteiger partial charge in [0.15, 0.2) is 0 Å². The lowest BCUT2D eigenvalue weighted by atomic mass is 10.2. The fourth-order valence-electron chi connectivity index (χ4n) is 2.07. The molecule has 0 radical (unpaired) electrons. The van der Waals surface area contributed by atoms with Gasteiger partial charge < -0.3 is 15.4 Å². The van der Waals surface area contributed by atoms with Gasteiger partial charge in [0.2, 0.25) is 0 Å². The van der Waals surface area contributed by atoms with Crippen LogP contribution in [0.3, 0.4) is 0 Å². The third kappa shape index (κ3) is 2.37. The number of carboxylic acids is 1. The first-order valence-corrected chi connectivity index (χ1v) is 6.24. The Bertz CT molecular complexity index is 532. The molecule has 1 atom stereocenters. The number of nitrogens with one attached hydrogen (secondary N) is 2. The molecule has 2 aliphatic carbocycles. The third-order valence-electron chi connectivity index (χ3n) is 3.39. The summed E-state index contributed by atoms with van der Waals surface area (Å²) in [6.07, 6.45) is 3.92. The van der Waals surface area contributed by atoms with Crippen LogP contribution in [-0.4, -0.2) is 27.1 Å². The van der Waals surface area contributed by atoms with Gasteiger partial charge >= 0.3 is 5.97 Å². The number of hydrogen-bond acceptors (Lipinski definition) is 4. The van der Waals surface area contributed by atoms with Crippen molar-refractivity contribution in [2.24, 2.45) is 5.92 Å². The summed E-state index contributed by atoms with van der Waals surface area (Å²) in [6.45, 7) is 0. The van der Waals surface area contributed by atoms with E-state index < -0.39 is 12.0 Å². The number of rotatable bonds is 5. The average molecular weight is 249 g/mol. The molecule has 1 heterocycles. The Morgan fingerprint density at radius 1 is 1.44 bits per heavy atom. The van der Waals surface area contributed by atoms with E-state index in [2.05, 4.69) is 15.3 Å². The molecular formula is C12H15N3O3. The fourth-order valence-corrected chi connectivity index (χ4v) is 2.07. The summed E-state index contributed by atoms with van der Waals surface area (Å²) in [6, 6.07) is 0.691. The predicted molar refractivity (Wildman–Crippen MR) is 64.6 cm³/mol. The van der Waals surface area contributed by atoms with Gasteiger partial charge in [0, 0.05) is 12.0 Å². The van der Waals surface area contributed by atoms with Crippen LogP contribution in [0.2, 0.25) is 0 Å². The average Bonchev–Trinajstić information content (AvgIpc) is 3.16. The number of anilines is 1. The maximum absolute atomic E-state index is 11.5. The van der Waals surface area contributed by atoms with Crippen molar-refractivity contribution in [2.75, 3.05) is 5.32 Å². The molecule has 0 amide bonds. The second-order valence-corrected chi connectivity index (χ2v) is 5.09. The highest BCUT2D eigenvalue weighted by Gasteiger charge is 2.36. The Labute approximate surface area is 103 Å². The molecule has 0 aliphatic heterocycles. The van der Waals surface area contributed by atoms with Gasteiger partial charge in [-0.05, 0) is 31.6 Å². The normalized spacial score (nSPS) is 20.4. The summed E-state index contributed by atoms with van der Waals surface area (Å²) in [5.74, 6) is 0.661. The predicted octanol–water partition coefficient (Wildman–Crippen LogP) is 0.922. The van der Waals surface area contributed by atoms with Crippen molar-refractivity contribution in [2.45, 2.75) is 37.6 Å². The number of aromatic nitrogens is 2. The van der Waals surface area contributed by atoms with E-state index in [1.54, 1.807) is 0 Å². The molecule has 96 valence electrons. The number of nitrogens with zero attached hydrogens (tertiary/aromatic N) is 1. The zero-order valence-electron chi connectivity index (χ0n) is 9.85. The van der Waals surface area contributed by atoms with Gasteiger partial charge in [-0.25, -0.2) is 9.78 Å². The number of hydrogen-bond donors (Lipinski definition) is 3. The van der Waals surface area contributed by atoms with Crippen LogP contribution in [0.15, 0.2) is 10.9 Å². The summed E-state index contributed by atoms with van der Waals surface area (Å²) >= 11 is 0. The largest absolute Gasteiger partial charge is 0.480 e. The van der Waals surface area contributed by atoms with Gasteiger partial charge in [-0.2, -0.15) is 0 Å². The number of carbonyl (C=O) groups is 1. The van der Waals surface area contributed by atoms with E-state index in [0.29, 0.717) is 17.6 Å². The Hall–Kier alpha value is -1.85. The first-order chi connectivity index (χ1) is 8.63. The SMILES string of the molecule is O=C(O)C(Nc1cc(=O)[nH]c(C2CC2)n1)C1CC1. The van der Waals surface area contributed by atoms with Crippen LogP contribution in [0, 0.1) is 5.92 Å². The molecular weight excluding hydrogens is 234 g/mol. The Morgan fingerprint density at radius 2 is 2.17 bits per heavy atom. The van der Waals surface area contributed by atoms with Gasteiger partial charge in [-0.15, -0.1) is 0 Å². The highest BCUT2D eigenvalue weighted by molar-refractivity contribution is 5.77. The van der Waals surface area contributed by atoms with Gasteiger partial charge in [-0.1, -0.05) is 0 Å². The van der Waals surface area contributed by atoms with Crippen LogP contribution in [0.1, 0.15) is 37.4 Å². The lowest BCUT2D eigenvalue weighted by molar-refractivity contribution is -0.138. The van der Waals surface area contributed by atoms with Crippen molar-refractivity contribution in [1.82, 2.24) is 9.97 Å². The molecule has 2 fully saturated rings. The molecule has 18 heavy (non-hydrogen) atoms. The van der Waals surface area contributed by atoms with Crippen LogP contribution < -0.4 is 10.9 Å². The van der Waals surface area contributed by atoms with Gasteiger partial charge in [0.25, 0.3) is 5.56 Å². The van der Waals surface area contributed by atoms with Crippen molar-refractivity contribution in [3.63, 3.8) is 0 Å². The zero-order valence-corrected chi connectivity index (χ0v) is 9.85. The lowest BCUT2D eigenvalue weighted by Gasteiger charge is -2.14. The number of carboxylic acid groups (broad SMARTS) is 1. The topological polar surface area (TPSA) is 95.1 Å². The highest BCUT2D eigenvalue weighted by Crippen LogP contribution is 2.38. The van der Waals surface area contributed by atoms with Crippen molar-refractivity contribution < 1.29 is 9.90 Å². The molecule has 3 rings (SSSR count). The summed E-state index contributed by atoms with van der Waals surface area (Å²) < 4.78 is 0. The van der Waals surface area contributed by atoms with E-state index in [1.807, 2.05) is 0 Å². The molecule has 0 aromatic carbocycles. The molecule has 1 aromatic heterocycles. The van der Waals surface area contributed by atoms with Crippen molar-refractivity contribution in [3.05, 3.63) is 22.2 Å². The Balaban J connectivity index is 1.82. The second kappa shape index (κ2) is 4.12. The molecule has 0 saturated heterocycles. The first kappa shape index (κ1) is 11.3. The molecule has 6 heteroatoms. The van der Waals surface area contributed by atoms with E-state index in [1.165, 1.54) is 6.07 Å². The van der Waals surface area contributed by atoms with E-state index in [0.717, 1.165) is 25.7 Å². The van der Waals surface area contributed by atoms with Crippen molar-refractivity contribution >= 4 is 11.8 Å². The Morgan fingerprint density at radius 3 is 2.72 bits per heavy atom. The Kier molecular flexibility index (Phi) is 2.57. The summed E-state index contributed by atoms with van der Waals surface area (Å²) in [5.41, 5.74) is -0.227. The first-order valence-electron chi connectivity index (χ1n) is 6.24. The summed E-state index contributed by atoms with van der Waals surface area (Å²) in [5, 5.41) is 12.0. The maximum atomic E-state index is 11.5. The molecule has 1 aromatic rings. The number of aliphatic carboxylic acids is 1. The van der Waals surface area contributed by atoms with Crippen molar-refractivity contribution in [1.29, 1.82) is 0 Å². The van der Waals surface area contributed by atoms with Crippen LogP contribution in [0.4, 0.5) is 5.82 Å². The fraction of sp³-hybridized carbons (Fsp3) is 0.583. The zero-order chi connectivity index (χ0) is 12.7. The van der Waals surface area contributed by atoms with Crippen LogP contribution >= 0.6 is 0 Å². The molecule has 2 aliphatic rings. The molecule has 6 nitrogen and oxygen atoms in total. The maximum Gasteiger partial charge on any atom is 0.326 e. The smallest absolute Gasteiger partial charge is 0.326 e. The highest BCUT2D eigenvalue weighted by atomic mass is 16.4. The van der Waals surface area contributed by atoms with E-state index in [9.17, 15) is 9.59 Å². The van der Waals surface area contributed by atoms with Crippen LogP contribution in [0.5, 0.6) is 0 Å². The van der Waals surface area contributed by atoms with Gasteiger partial charge in [-0.3, -0.25) is 4.79 Å². The quantitative estimate of drug-likeness (QED) is 0.721. The van der Waals surface area contributed by atoms with Gasteiger partial charge in [0.05, 0.1) is 0 Å². The molecule has 1 unspecified atom stereocenters. The number of aromatic amines is 1. The minimum Gasteiger partial charge on any atom is -0.480 e. The minimum absolute atomic E-state index is 0.160. The van der Waals surface area contributed by atoms with Gasteiger partial charge in [0.1, 0.15) is 17.7 Å². The summed E-state index contributed by atoms with van der Waals surface area (Å²) in [4.78, 5) is 29.6. The van der Waals surface area contributed by atoms with E-state index >= 15 is 0 Å².